The van der Waals surface area contributed by atoms with Crippen LogP contribution in [-0.2, 0) is 21.4 Å². The lowest BCUT2D eigenvalue weighted by molar-refractivity contribution is -0.121. The molecule has 0 unspecified atom stereocenters. The Morgan fingerprint density at radius 2 is 2.00 bits per heavy atom. The summed E-state index contributed by atoms with van der Waals surface area (Å²) in [7, 11) is -3.68. The molecule has 2 aromatic carbocycles. The number of thiophene rings is 1. The number of rotatable bonds is 4. The summed E-state index contributed by atoms with van der Waals surface area (Å²) in [6.07, 6.45) is 1.15. The predicted molar refractivity (Wildman–Crippen MR) is 125 cm³/mol. The third-order valence-corrected chi connectivity index (χ3v) is 10.1. The molecule has 5 rings (SSSR count). The van der Waals surface area contributed by atoms with Crippen LogP contribution in [0.4, 0.5) is 0 Å². The molecule has 31 heavy (non-hydrogen) atoms. The molecule has 0 aliphatic carbocycles. The van der Waals surface area contributed by atoms with Gasteiger partial charge in [-0.25, -0.2) is 8.42 Å². The highest BCUT2D eigenvalue weighted by atomic mass is 32.2. The molecular weight excluding hydrogens is 450 g/mol. The van der Waals surface area contributed by atoms with Gasteiger partial charge in [0.05, 0.1) is 10.2 Å². The van der Waals surface area contributed by atoms with Crippen molar-refractivity contribution in [1.29, 1.82) is 0 Å². The number of hydrogen-bond acceptors (Lipinski definition) is 5. The molecule has 1 atom stereocenters. The van der Waals surface area contributed by atoms with E-state index in [-0.39, 0.29) is 4.21 Å². The molecule has 0 spiro atoms. The summed E-state index contributed by atoms with van der Waals surface area (Å²) < 4.78 is 30.7. The molecule has 0 N–H and O–H groups in total. The van der Waals surface area contributed by atoms with E-state index in [0.717, 1.165) is 21.0 Å². The number of aromatic nitrogens is 1. The number of fused-ring (bicyclic) bond motifs is 3. The van der Waals surface area contributed by atoms with Crippen LogP contribution in [0.15, 0.2) is 63.1 Å². The maximum atomic E-state index is 13.2. The zero-order valence-electron chi connectivity index (χ0n) is 16.9. The van der Waals surface area contributed by atoms with E-state index in [1.165, 1.54) is 27.0 Å². The highest BCUT2D eigenvalue weighted by Crippen LogP contribution is 2.30. The number of nitrogens with zero attached hydrogens (tertiary/aromatic N) is 3. The van der Waals surface area contributed by atoms with E-state index in [4.69, 9.17) is 0 Å². The number of amides is 1. The molecule has 0 saturated carbocycles. The third kappa shape index (κ3) is 3.45. The molecular formula is C22H21N3O3S3. The Morgan fingerprint density at radius 3 is 2.77 bits per heavy atom. The molecule has 0 bridgehead atoms. The van der Waals surface area contributed by atoms with Crippen molar-refractivity contribution in [3.63, 3.8) is 0 Å². The van der Waals surface area contributed by atoms with Gasteiger partial charge < -0.3 is 4.57 Å². The van der Waals surface area contributed by atoms with Gasteiger partial charge in [-0.1, -0.05) is 47.7 Å². The summed E-state index contributed by atoms with van der Waals surface area (Å²) in [6, 6.07) is 14.8. The van der Waals surface area contributed by atoms with Gasteiger partial charge in [-0.2, -0.15) is 9.30 Å². The van der Waals surface area contributed by atoms with Crippen LogP contribution in [0.5, 0.6) is 0 Å². The number of benzene rings is 2. The molecule has 3 heterocycles. The standard InChI is InChI=1S/C22H21N3O3S3/c1-2-24-17-12-11-15-7-3-4-8-16(15)20(17)30-22(24)23-21(26)18-9-5-13-25(18)31(27,28)19-10-6-14-29-19/h3-4,6-8,10-12,14,18H,2,5,9,13H2,1H3/t18-/m1/s1. The summed E-state index contributed by atoms with van der Waals surface area (Å²) in [5.74, 6) is -0.393. The Bertz CT molecular complexity index is 1450. The average Bonchev–Trinajstić information content (AvgIpc) is 3.53. The Morgan fingerprint density at radius 1 is 1.16 bits per heavy atom. The second-order valence-corrected chi connectivity index (χ2v) is 11.5. The Balaban J connectivity index is 1.58. The first kappa shape index (κ1) is 20.6. The highest BCUT2D eigenvalue weighted by Gasteiger charge is 2.39. The van der Waals surface area contributed by atoms with Crippen molar-refractivity contribution in [3.8, 4) is 0 Å². The second-order valence-electron chi connectivity index (χ2n) is 7.42. The molecule has 1 amide bonds. The van der Waals surface area contributed by atoms with Gasteiger partial charge in [-0.05, 0) is 42.7 Å². The fourth-order valence-electron chi connectivity index (χ4n) is 4.16. The van der Waals surface area contributed by atoms with E-state index in [1.807, 2.05) is 23.6 Å². The van der Waals surface area contributed by atoms with Crippen molar-refractivity contribution in [3.05, 3.63) is 58.7 Å². The van der Waals surface area contributed by atoms with Crippen LogP contribution in [0.1, 0.15) is 19.8 Å². The van der Waals surface area contributed by atoms with Crippen LogP contribution < -0.4 is 4.80 Å². The van der Waals surface area contributed by atoms with Gasteiger partial charge in [-0.15, -0.1) is 11.3 Å². The zero-order chi connectivity index (χ0) is 21.6. The number of carbonyl (C=O) groups is 1. The number of thiazole rings is 1. The summed E-state index contributed by atoms with van der Waals surface area (Å²) in [5, 5.41) is 4.00. The summed E-state index contributed by atoms with van der Waals surface area (Å²) in [6.45, 7) is 3.04. The van der Waals surface area contributed by atoms with Gasteiger partial charge in [-0.3, -0.25) is 4.79 Å². The highest BCUT2D eigenvalue weighted by molar-refractivity contribution is 7.91. The lowest BCUT2D eigenvalue weighted by Crippen LogP contribution is -2.40. The van der Waals surface area contributed by atoms with E-state index in [1.54, 1.807) is 17.5 Å². The van der Waals surface area contributed by atoms with E-state index in [2.05, 4.69) is 29.3 Å². The van der Waals surface area contributed by atoms with Crippen LogP contribution in [0, 0.1) is 0 Å². The molecule has 160 valence electrons. The molecule has 1 fully saturated rings. The number of hydrogen-bond donors (Lipinski definition) is 0. The smallest absolute Gasteiger partial charge is 0.266 e. The predicted octanol–water partition coefficient (Wildman–Crippen LogP) is 4.22. The quantitative estimate of drug-likeness (QED) is 0.447. The second kappa shape index (κ2) is 7.98. The average molecular weight is 472 g/mol. The van der Waals surface area contributed by atoms with E-state index in [9.17, 15) is 13.2 Å². The summed E-state index contributed by atoms with van der Waals surface area (Å²) in [5.41, 5.74) is 1.03. The van der Waals surface area contributed by atoms with Crippen LogP contribution >= 0.6 is 22.7 Å². The van der Waals surface area contributed by atoms with Crippen molar-refractivity contribution >= 4 is 59.6 Å². The lowest BCUT2D eigenvalue weighted by Gasteiger charge is -2.20. The van der Waals surface area contributed by atoms with Crippen LogP contribution in [0.2, 0.25) is 0 Å². The van der Waals surface area contributed by atoms with Crippen molar-refractivity contribution in [2.24, 2.45) is 4.99 Å². The molecule has 9 heteroatoms. The topological polar surface area (TPSA) is 71.7 Å². The molecule has 2 aromatic heterocycles. The number of sulfonamides is 1. The summed E-state index contributed by atoms with van der Waals surface area (Å²) in [4.78, 5) is 18.2. The lowest BCUT2D eigenvalue weighted by atomic mass is 10.1. The normalized spacial score (nSPS) is 18.4. The minimum absolute atomic E-state index is 0.268. The van der Waals surface area contributed by atoms with Gasteiger partial charge in [0.1, 0.15) is 10.3 Å². The van der Waals surface area contributed by atoms with Crippen LogP contribution in [-0.4, -0.2) is 35.8 Å². The molecule has 6 nitrogen and oxygen atoms in total. The maximum absolute atomic E-state index is 13.2. The molecule has 4 aromatic rings. The minimum Gasteiger partial charge on any atom is -0.317 e. The van der Waals surface area contributed by atoms with Gasteiger partial charge >= 0.3 is 0 Å². The van der Waals surface area contributed by atoms with Gasteiger partial charge in [0.2, 0.25) is 0 Å². The molecule has 1 aliphatic heterocycles. The first-order valence-corrected chi connectivity index (χ1v) is 13.3. The van der Waals surface area contributed by atoms with Gasteiger partial charge in [0.25, 0.3) is 15.9 Å². The SMILES string of the molecule is CCn1c(=NC(=O)[C@H]2CCCN2S(=O)(=O)c2cccs2)sc2c3ccccc3ccc21. The van der Waals surface area contributed by atoms with Gasteiger partial charge in [0.15, 0.2) is 4.80 Å². The van der Waals surface area contributed by atoms with Crippen molar-refractivity contribution in [1.82, 2.24) is 8.87 Å². The summed E-state index contributed by atoms with van der Waals surface area (Å²) >= 11 is 2.65. The third-order valence-electron chi connectivity index (χ3n) is 5.64. The zero-order valence-corrected chi connectivity index (χ0v) is 19.3. The van der Waals surface area contributed by atoms with Crippen LogP contribution in [0.3, 0.4) is 0 Å². The molecule has 0 radical (unpaired) electrons. The Hall–Kier alpha value is -2.33. The fourth-order valence-corrected chi connectivity index (χ4v) is 8.16. The molecule has 1 aliphatic rings. The van der Waals surface area contributed by atoms with Crippen LogP contribution in [0.25, 0.3) is 21.0 Å². The van der Waals surface area contributed by atoms with E-state index < -0.39 is 22.0 Å². The van der Waals surface area contributed by atoms with E-state index >= 15 is 0 Å². The first-order chi connectivity index (χ1) is 15.0. The monoisotopic (exact) mass is 471 g/mol. The van der Waals surface area contributed by atoms with Crippen molar-refractivity contribution in [2.45, 2.75) is 36.6 Å². The van der Waals surface area contributed by atoms with E-state index in [0.29, 0.717) is 30.7 Å². The first-order valence-electron chi connectivity index (χ1n) is 10.2. The Kier molecular flexibility index (Phi) is 5.29. The van der Waals surface area contributed by atoms with Crippen molar-refractivity contribution < 1.29 is 13.2 Å². The number of aryl methyl sites for hydroxylation is 1. The fraction of sp³-hybridized carbons (Fsp3) is 0.273. The van der Waals surface area contributed by atoms with Gasteiger partial charge in [0, 0.05) is 18.5 Å². The van der Waals surface area contributed by atoms with Crippen molar-refractivity contribution in [2.75, 3.05) is 6.54 Å². The Labute approximate surface area is 188 Å². The number of carbonyl (C=O) groups excluding carboxylic acids is 1. The maximum Gasteiger partial charge on any atom is 0.266 e. The molecule has 1 saturated heterocycles. The largest absolute Gasteiger partial charge is 0.317 e. The minimum atomic E-state index is -3.68.